The van der Waals surface area contributed by atoms with E-state index < -0.39 is 11.8 Å². The Balaban J connectivity index is 2.71. The fourth-order valence-corrected chi connectivity index (χ4v) is 0.854. The van der Waals surface area contributed by atoms with Crippen molar-refractivity contribution in [3.8, 4) is 0 Å². The van der Waals surface area contributed by atoms with Crippen LogP contribution in [0.5, 0.6) is 0 Å². The summed E-state index contributed by atoms with van der Waals surface area (Å²) < 4.78 is 17.4. The van der Waals surface area contributed by atoms with Crippen molar-refractivity contribution >= 4 is 5.97 Å². The number of hydrogen-bond acceptors (Lipinski definition) is 2. The van der Waals surface area contributed by atoms with E-state index in [2.05, 4.69) is 4.74 Å². The van der Waals surface area contributed by atoms with E-state index in [-0.39, 0.29) is 0 Å². The Morgan fingerprint density at radius 3 is 2.31 bits per heavy atom. The first-order chi connectivity index (χ1) is 5.99. The zero-order chi connectivity index (χ0) is 9.90. The average molecular weight is 182 g/mol. The van der Waals surface area contributed by atoms with Crippen LogP contribution in [-0.4, -0.2) is 11.8 Å². The largest absolute Gasteiger partial charge is 0.426 e. The second-order valence-electron chi connectivity index (χ2n) is 3.12. The summed E-state index contributed by atoms with van der Waals surface area (Å²) in [5.74, 6) is -2.57. The second kappa shape index (κ2) is 3.56. The number of hydrogen-bond donors (Lipinski definition) is 0. The predicted octanol–water partition coefficient (Wildman–Crippen LogP) is 2.55. The molecule has 0 N–H and O–H groups in total. The van der Waals surface area contributed by atoms with Gasteiger partial charge in [-0.3, -0.25) is 0 Å². The predicted molar refractivity (Wildman–Crippen MR) is 47.0 cm³/mol. The zero-order valence-corrected chi connectivity index (χ0v) is 7.58. The molecule has 0 aromatic heterocycles. The Labute approximate surface area is 76.3 Å². The van der Waals surface area contributed by atoms with Gasteiger partial charge in [0.2, 0.25) is 5.85 Å². The molecule has 0 radical (unpaired) electrons. The van der Waals surface area contributed by atoms with Gasteiger partial charge in [0.15, 0.2) is 0 Å². The lowest BCUT2D eigenvalue weighted by molar-refractivity contribution is -0.0758. The number of carbonyl (C=O) groups excluding carboxylic acids is 1. The molecule has 1 aromatic carbocycles. The summed E-state index contributed by atoms with van der Waals surface area (Å²) in [6, 6.07) is 8.32. The summed E-state index contributed by atoms with van der Waals surface area (Å²) >= 11 is 0. The fraction of sp³-hybridized carbons (Fsp3) is 0.300. The molecule has 0 amide bonds. The van der Waals surface area contributed by atoms with E-state index in [0.717, 1.165) is 0 Å². The lowest BCUT2D eigenvalue weighted by Gasteiger charge is -2.14. The van der Waals surface area contributed by atoms with Crippen molar-refractivity contribution in [3.05, 3.63) is 35.9 Å². The molecule has 13 heavy (non-hydrogen) atoms. The van der Waals surface area contributed by atoms with Gasteiger partial charge in [0, 0.05) is 13.8 Å². The van der Waals surface area contributed by atoms with E-state index in [1.165, 1.54) is 13.8 Å². The minimum atomic E-state index is -1.92. The third kappa shape index (κ3) is 3.23. The van der Waals surface area contributed by atoms with Crippen molar-refractivity contribution < 1.29 is 13.9 Å². The molecule has 0 saturated heterocycles. The van der Waals surface area contributed by atoms with Gasteiger partial charge in [-0.25, -0.2) is 4.79 Å². The maximum absolute atomic E-state index is 12.9. The van der Waals surface area contributed by atoms with Crippen molar-refractivity contribution in [2.24, 2.45) is 0 Å². The SMILES string of the molecule is CC(C)(F)OC(=O)c1ccccc1. The third-order valence-corrected chi connectivity index (χ3v) is 1.34. The molecule has 0 atom stereocenters. The first kappa shape index (κ1) is 9.71. The highest BCUT2D eigenvalue weighted by molar-refractivity contribution is 5.89. The number of alkyl halides is 1. The standard InChI is InChI=1S/C10H11FO2/c1-10(2,11)13-9(12)8-6-4-3-5-7-8/h3-7H,1-2H3. The molecule has 0 bridgehead atoms. The van der Waals surface area contributed by atoms with E-state index >= 15 is 0 Å². The van der Waals surface area contributed by atoms with Crippen LogP contribution >= 0.6 is 0 Å². The van der Waals surface area contributed by atoms with Crippen molar-refractivity contribution in [1.82, 2.24) is 0 Å². The molecule has 0 aliphatic heterocycles. The molecule has 0 spiro atoms. The van der Waals surface area contributed by atoms with E-state index in [0.29, 0.717) is 5.56 Å². The lowest BCUT2D eigenvalue weighted by Crippen LogP contribution is -2.22. The monoisotopic (exact) mass is 182 g/mol. The Morgan fingerprint density at radius 2 is 1.85 bits per heavy atom. The molecule has 0 unspecified atom stereocenters. The highest BCUT2D eigenvalue weighted by Crippen LogP contribution is 2.13. The number of halogens is 1. The molecule has 0 aliphatic rings. The Bertz CT molecular complexity index is 288. The van der Waals surface area contributed by atoms with Crippen LogP contribution in [0.15, 0.2) is 30.3 Å². The minimum Gasteiger partial charge on any atom is -0.426 e. The quantitative estimate of drug-likeness (QED) is 0.657. The highest BCUT2D eigenvalue weighted by atomic mass is 19.2. The van der Waals surface area contributed by atoms with E-state index in [4.69, 9.17) is 0 Å². The molecular weight excluding hydrogens is 171 g/mol. The number of carbonyl (C=O) groups is 1. The topological polar surface area (TPSA) is 26.3 Å². The molecule has 0 aliphatic carbocycles. The number of benzene rings is 1. The second-order valence-corrected chi connectivity index (χ2v) is 3.12. The van der Waals surface area contributed by atoms with E-state index in [9.17, 15) is 9.18 Å². The van der Waals surface area contributed by atoms with Crippen LogP contribution in [0.3, 0.4) is 0 Å². The maximum Gasteiger partial charge on any atom is 0.340 e. The summed E-state index contributed by atoms with van der Waals surface area (Å²) in [6.07, 6.45) is 0. The third-order valence-electron chi connectivity index (χ3n) is 1.34. The average Bonchev–Trinajstić information content (AvgIpc) is 2.03. The normalized spacial score (nSPS) is 11.0. The smallest absolute Gasteiger partial charge is 0.340 e. The summed E-state index contributed by atoms with van der Waals surface area (Å²) in [4.78, 5) is 11.2. The van der Waals surface area contributed by atoms with Gasteiger partial charge in [-0.05, 0) is 12.1 Å². The summed E-state index contributed by atoms with van der Waals surface area (Å²) in [5.41, 5.74) is 0.355. The van der Waals surface area contributed by atoms with Crippen molar-refractivity contribution in [2.75, 3.05) is 0 Å². The summed E-state index contributed by atoms with van der Waals surface area (Å²) in [7, 11) is 0. The number of ether oxygens (including phenoxy) is 1. The molecule has 0 fully saturated rings. The molecule has 1 rings (SSSR count). The van der Waals surface area contributed by atoms with Crippen LogP contribution in [0, 0.1) is 0 Å². The van der Waals surface area contributed by atoms with E-state index in [1.54, 1.807) is 30.3 Å². The summed E-state index contributed by atoms with van der Waals surface area (Å²) in [6.45, 7) is 2.38. The first-order valence-electron chi connectivity index (χ1n) is 3.96. The van der Waals surface area contributed by atoms with Crippen molar-refractivity contribution in [2.45, 2.75) is 19.7 Å². The minimum absolute atomic E-state index is 0.355. The van der Waals surface area contributed by atoms with Crippen molar-refractivity contribution in [3.63, 3.8) is 0 Å². The molecule has 0 saturated carbocycles. The zero-order valence-electron chi connectivity index (χ0n) is 7.58. The van der Waals surface area contributed by atoms with Gasteiger partial charge in [-0.2, -0.15) is 4.39 Å². The van der Waals surface area contributed by atoms with Crippen LogP contribution in [0.25, 0.3) is 0 Å². The van der Waals surface area contributed by atoms with Gasteiger partial charge < -0.3 is 4.74 Å². The lowest BCUT2D eigenvalue weighted by atomic mass is 10.2. The first-order valence-corrected chi connectivity index (χ1v) is 3.96. The van der Waals surface area contributed by atoms with Gasteiger partial charge in [-0.1, -0.05) is 18.2 Å². The summed E-state index contributed by atoms with van der Waals surface area (Å²) in [5, 5.41) is 0. The van der Waals surface area contributed by atoms with E-state index in [1.807, 2.05) is 0 Å². The Hall–Kier alpha value is -1.38. The van der Waals surface area contributed by atoms with Gasteiger partial charge in [0.05, 0.1) is 5.56 Å². The van der Waals surface area contributed by atoms with Crippen LogP contribution in [0.2, 0.25) is 0 Å². The van der Waals surface area contributed by atoms with Gasteiger partial charge >= 0.3 is 5.97 Å². The molecular formula is C10H11FO2. The van der Waals surface area contributed by atoms with Crippen LogP contribution in [0.4, 0.5) is 4.39 Å². The molecule has 1 aromatic rings. The Kier molecular flexibility index (Phi) is 2.66. The number of rotatable bonds is 2. The van der Waals surface area contributed by atoms with Gasteiger partial charge in [0.25, 0.3) is 0 Å². The number of esters is 1. The highest BCUT2D eigenvalue weighted by Gasteiger charge is 2.21. The molecule has 70 valence electrons. The van der Waals surface area contributed by atoms with Crippen LogP contribution in [0.1, 0.15) is 24.2 Å². The molecule has 3 heteroatoms. The van der Waals surface area contributed by atoms with Crippen LogP contribution < -0.4 is 0 Å². The van der Waals surface area contributed by atoms with Crippen LogP contribution in [-0.2, 0) is 4.74 Å². The Morgan fingerprint density at radius 1 is 1.31 bits per heavy atom. The van der Waals surface area contributed by atoms with Gasteiger partial charge in [-0.15, -0.1) is 0 Å². The fourth-order valence-electron chi connectivity index (χ4n) is 0.854. The molecule has 2 nitrogen and oxygen atoms in total. The molecule has 0 heterocycles. The maximum atomic E-state index is 12.9. The van der Waals surface area contributed by atoms with Gasteiger partial charge in [0.1, 0.15) is 0 Å². The van der Waals surface area contributed by atoms with Crippen molar-refractivity contribution in [1.29, 1.82) is 0 Å².